The summed E-state index contributed by atoms with van der Waals surface area (Å²) in [7, 11) is 1.58. The fourth-order valence-corrected chi connectivity index (χ4v) is 5.10. The Morgan fingerprint density at radius 3 is 2.65 bits per heavy atom. The minimum Gasteiger partial charge on any atom is -0.493 e. The summed E-state index contributed by atoms with van der Waals surface area (Å²) in [6.45, 7) is 4.29. The van der Waals surface area contributed by atoms with Gasteiger partial charge in [-0.05, 0) is 68.0 Å². The lowest BCUT2D eigenvalue weighted by Gasteiger charge is -2.12. The van der Waals surface area contributed by atoms with E-state index in [2.05, 4.69) is 9.97 Å². The Balaban J connectivity index is 1.16. The van der Waals surface area contributed by atoms with Crippen molar-refractivity contribution in [3.63, 3.8) is 0 Å². The van der Waals surface area contributed by atoms with Crippen molar-refractivity contribution in [3.8, 4) is 34.7 Å². The van der Waals surface area contributed by atoms with Crippen molar-refractivity contribution in [3.05, 3.63) is 112 Å². The molecule has 6 aromatic rings. The van der Waals surface area contributed by atoms with Crippen LogP contribution in [0.4, 0.5) is 0 Å². The molecule has 12 heteroatoms. The van der Waals surface area contributed by atoms with Crippen LogP contribution in [0.25, 0.3) is 29.5 Å². The zero-order valence-corrected chi connectivity index (χ0v) is 26.2. The average molecular weight is 639 g/mol. The van der Waals surface area contributed by atoms with Gasteiger partial charge in [0.25, 0.3) is 5.89 Å². The molecule has 2 aromatic carbocycles. The summed E-state index contributed by atoms with van der Waals surface area (Å²) in [5.74, 6) is 2.67. The molecule has 0 bridgehead atoms. The minimum absolute atomic E-state index is 0.190. The minimum atomic E-state index is -0.446. The number of hydrogen-bond acceptors (Lipinski definition) is 11. The predicted octanol–water partition coefficient (Wildman–Crippen LogP) is 7.40. The molecule has 0 aliphatic heterocycles. The molecule has 0 atom stereocenters. The first-order chi connectivity index (χ1) is 22.5. The van der Waals surface area contributed by atoms with E-state index in [-0.39, 0.29) is 18.9 Å². The Hall–Kier alpha value is -5.62. The normalized spacial score (nSPS) is 11.2. The summed E-state index contributed by atoms with van der Waals surface area (Å²) < 4.78 is 35.8. The third-order valence-corrected chi connectivity index (χ3v) is 7.54. The van der Waals surface area contributed by atoms with Gasteiger partial charge in [-0.2, -0.15) is 0 Å². The second-order valence-electron chi connectivity index (χ2n) is 9.86. The van der Waals surface area contributed by atoms with Gasteiger partial charge in [0.2, 0.25) is 5.88 Å². The Morgan fingerprint density at radius 1 is 1.00 bits per heavy atom. The van der Waals surface area contributed by atoms with E-state index >= 15 is 0 Å². The molecule has 0 spiro atoms. The van der Waals surface area contributed by atoms with Gasteiger partial charge in [0, 0.05) is 11.6 Å². The van der Waals surface area contributed by atoms with Crippen molar-refractivity contribution in [2.24, 2.45) is 0 Å². The molecule has 4 aromatic heterocycles. The molecule has 11 nitrogen and oxygen atoms in total. The van der Waals surface area contributed by atoms with E-state index in [1.54, 1.807) is 42.5 Å². The predicted molar refractivity (Wildman–Crippen MR) is 171 cm³/mol. The number of methoxy groups -OCH3 is 1. The maximum atomic E-state index is 12.0. The third-order valence-electron chi connectivity index (χ3n) is 6.73. The fraction of sp³-hybridized carbons (Fsp3) is 0.176. The van der Waals surface area contributed by atoms with Crippen LogP contribution in [0.1, 0.15) is 45.0 Å². The first-order valence-electron chi connectivity index (χ1n) is 14.4. The molecular weight excluding hydrogens is 608 g/mol. The second kappa shape index (κ2) is 14.0. The van der Waals surface area contributed by atoms with E-state index in [4.69, 9.17) is 32.9 Å². The van der Waals surface area contributed by atoms with Crippen LogP contribution >= 0.6 is 11.3 Å². The van der Waals surface area contributed by atoms with E-state index in [1.165, 1.54) is 11.3 Å². The smallest absolute Gasteiger partial charge is 0.357 e. The maximum absolute atomic E-state index is 12.0. The van der Waals surface area contributed by atoms with Crippen LogP contribution < -0.4 is 14.2 Å². The van der Waals surface area contributed by atoms with Gasteiger partial charge < -0.3 is 27.8 Å². The standard InChI is InChI=1S/C34H30N4O7S/c1-4-41-34(39)27-21-46-31(35-27)15-13-24-18-38(25-9-6-5-7-10-25)37-32(24)44-19-23-12-14-28(30(17-23)40-3)43-20-26-22(2)45-33(36-26)29-11-8-16-42-29/h5-18,21H,4,19-20H2,1-3H3/b15-13+. The summed E-state index contributed by atoms with van der Waals surface area (Å²) in [5.41, 5.74) is 3.41. The van der Waals surface area contributed by atoms with Crippen molar-refractivity contribution in [2.45, 2.75) is 27.1 Å². The van der Waals surface area contributed by atoms with E-state index in [1.807, 2.05) is 73.8 Å². The number of benzene rings is 2. The van der Waals surface area contributed by atoms with Crippen LogP contribution in [0, 0.1) is 6.92 Å². The van der Waals surface area contributed by atoms with Crippen molar-refractivity contribution >= 4 is 29.5 Å². The summed E-state index contributed by atoms with van der Waals surface area (Å²) in [4.78, 5) is 20.9. The van der Waals surface area contributed by atoms with Crippen LogP contribution in [-0.2, 0) is 18.0 Å². The number of furan rings is 1. The molecule has 0 saturated heterocycles. The average Bonchev–Trinajstić information content (AvgIpc) is 3.90. The molecule has 6 rings (SSSR count). The van der Waals surface area contributed by atoms with Crippen LogP contribution in [0.5, 0.6) is 17.4 Å². The maximum Gasteiger partial charge on any atom is 0.357 e. The number of aromatic nitrogens is 4. The lowest BCUT2D eigenvalue weighted by molar-refractivity contribution is 0.0520. The monoisotopic (exact) mass is 638 g/mol. The molecule has 4 heterocycles. The van der Waals surface area contributed by atoms with Crippen molar-refractivity contribution in [2.75, 3.05) is 13.7 Å². The van der Waals surface area contributed by atoms with E-state index in [0.29, 0.717) is 52.1 Å². The number of para-hydroxylation sites is 1. The summed E-state index contributed by atoms with van der Waals surface area (Å²) in [5, 5.41) is 7.02. The fourth-order valence-electron chi connectivity index (χ4n) is 4.42. The summed E-state index contributed by atoms with van der Waals surface area (Å²) in [6, 6.07) is 18.9. The molecule has 0 N–H and O–H groups in total. The number of thiazole rings is 1. The number of carbonyl (C=O) groups is 1. The molecule has 0 unspecified atom stereocenters. The van der Waals surface area contributed by atoms with Crippen LogP contribution in [0.2, 0.25) is 0 Å². The van der Waals surface area contributed by atoms with Gasteiger partial charge in [-0.15, -0.1) is 16.4 Å². The molecule has 234 valence electrons. The number of hydrogen-bond donors (Lipinski definition) is 0. The van der Waals surface area contributed by atoms with Crippen molar-refractivity contribution in [1.29, 1.82) is 0 Å². The van der Waals surface area contributed by atoms with Crippen LogP contribution in [-0.4, -0.2) is 39.4 Å². The van der Waals surface area contributed by atoms with Gasteiger partial charge in [0.15, 0.2) is 23.0 Å². The highest BCUT2D eigenvalue weighted by Crippen LogP contribution is 2.31. The van der Waals surface area contributed by atoms with E-state index in [0.717, 1.165) is 16.8 Å². The van der Waals surface area contributed by atoms with Gasteiger partial charge in [0.1, 0.15) is 29.7 Å². The first kappa shape index (κ1) is 30.4. The van der Waals surface area contributed by atoms with Crippen molar-refractivity contribution < 1.29 is 32.6 Å². The van der Waals surface area contributed by atoms with Gasteiger partial charge in [0.05, 0.1) is 31.2 Å². The number of aryl methyl sites for hydroxylation is 1. The van der Waals surface area contributed by atoms with Crippen LogP contribution in [0.15, 0.2) is 87.3 Å². The molecule has 0 radical (unpaired) electrons. The van der Waals surface area contributed by atoms with Crippen molar-refractivity contribution in [1.82, 2.24) is 19.7 Å². The number of rotatable bonds is 13. The summed E-state index contributed by atoms with van der Waals surface area (Å²) >= 11 is 1.35. The van der Waals surface area contributed by atoms with E-state index < -0.39 is 5.97 Å². The SMILES string of the molecule is CCOC(=O)c1csc(/C=C/c2cn(-c3ccccc3)nc2OCc2ccc(OCc3nc(-c4ccco4)oc3C)c(OC)c2)n1. The first-order valence-corrected chi connectivity index (χ1v) is 15.3. The highest BCUT2D eigenvalue weighted by molar-refractivity contribution is 7.10. The zero-order valence-electron chi connectivity index (χ0n) is 25.3. The Morgan fingerprint density at radius 2 is 1.87 bits per heavy atom. The number of carbonyl (C=O) groups excluding carboxylic acids is 1. The Bertz CT molecular complexity index is 1940. The zero-order chi connectivity index (χ0) is 31.9. The molecule has 0 amide bonds. The third kappa shape index (κ3) is 7.02. The summed E-state index contributed by atoms with van der Waals surface area (Å²) in [6.07, 6.45) is 7.12. The Kier molecular flexibility index (Phi) is 9.25. The Labute approximate surface area is 268 Å². The molecule has 0 aliphatic carbocycles. The number of esters is 1. The highest BCUT2D eigenvalue weighted by atomic mass is 32.1. The number of nitrogens with zero attached hydrogens (tertiary/aromatic N) is 4. The topological polar surface area (TPSA) is 124 Å². The molecule has 0 saturated carbocycles. The number of ether oxygens (including phenoxy) is 4. The molecule has 46 heavy (non-hydrogen) atoms. The van der Waals surface area contributed by atoms with Gasteiger partial charge in [-0.25, -0.2) is 19.4 Å². The second-order valence-corrected chi connectivity index (χ2v) is 10.7. The number of oxazole rings is 1. The van der Waals surface area contributed by atoms with Crippen LogP contribution in [0.3, 0.4) is 0 Å². The lowest BCUT2D eigenvalue weighted by atomic mass is 10.2. The molecule has 0 aliphatic rings. The quantitative estimate of drug-likeness (QED) is 0.118. The van der Waals surface area contributed by atoms with E-state index in [9.17, 15) is 4.79 Å². The van der Waals surface area contributed by atoms with Gasteiger partial charge in [-0.1, -0.05) is 24.3 Å². The highest BCUT2D eigenvalue weighted by Gasteiger charge is 2.16. The van der Waals surface area contributed by atoms with Gasteiger partial charge >= 0.3 is 5.97 Å². The lowest BCUT2D eigenvalue weighted by Crippen LogP contribution is -2.04. The van der Waals surface area contributed by atoms with Gasteiger partial charge in [-0.3, -0.25) is 0 Å². The largest absolute Gasteiger partial charge is 0.493 e. The molecule has 0 fully saturated rings. The molecular formula is C34H30N4O7S.